The highest BCUT2D eigenvalue weighted by Gasteiger charge is 2.06. The first-order valence-corrected chi connectivity index (χ1v) is 4.78. The van der Waals surface area contributed by atoms with Gasteiger partial charge < -0.3 is 5.11 Å². The van der Waals surface area contributed by atoms with Crippen LogP contribution in [0.15, 0.2) is 18.2 Å². The van der Waals surface area contributed by atoms with Gasteiger partial charge in [-0.05, 0) is 38.5 Å². The maximum absolute atomic E-state index is 9.43. The minimum atomic E-state index is -0.964. The molecule has 2 heteroatoms. The second kappa shape index (κ2) is 4.04. The monoisotopic (exact) mass is 208 g/mol. The van der Waals surface area contributed by atoms with E-state index in [1.807, 2.05) is 19.1 Å². The summed E-state index contributed by atoms with van der Waals surface area (Å²) >= 11 is 5.84. The largest absolute Gasteiger partial charge is 0.378 e. The van der Waals surface area contributed by atoms with Crippen LogP contribution in [0.4, 0.5) is 0 Å². The second-order valence-electron chi connectivity index (χ2n) is 3.77. The molecule has 0 amide bonds. The van der Waals surface area contributed by atoms with Crippen molar-refractivity contribution in [1.29, 1.82) is 0 Å². The molecule has 0 bridgehead atoms. The average molecular weight is 209 g/mol. The van der Waals surface area contributed by atoms with Gasteiger partial charge in [-0.25, -0.2) is 0 Å². The number of benzene rings is 1. The number of aryl methyl sites for hydroxylation is 1. The summed E-state index contributed by atoms with van der Waals surface area (Å²) in [6.07, 6.45) is 0. The van der Waals surface area contributed by atoms with Gasteiger partial charge in [0.1, 0.15) is 5.60 Å². The zero-order chi connectivity index (χ0) is 10.8. The van der Waals surface area contributed by atoms with Gasteiger partial charge in [0.2, 0.25) is 0 Å². The molecule has 1 aromatic rings. The Bertz CT molecular complexity index is 391. The molecule has 1 aromatic carbocycles. The van der Waals surface area contributed by atoms with Crippen LogP contribution >= 0.6 is 11.6 Å². The lowest BCUT2D eigenvalue weighted by Crippen LogP contribution is -2.14. The Kier molecular flexibility index (Phi) is 3.21. The van der Waals surface area contributed by atoms with Gasteiger partial charge in [0.25, 0.3) is 0 Å². The predicted octanol–water partition coefficient (Wildman–Crippen LogP) is 2.77. The van der Waals surface area contributed by atoms with E-state index in [-0.39, 0.29) is 0 Å². The Morgan fingerprint density at radius 2 is 2.00 bits per heavy atom. The van der Waals surface area contributed by atoms with Crippen molar-refractivity contribution in [3.63, 3.8) is 0 Å². The van der Waals surface area contributed by atoms with Crippen molar-refractivity contribution in [2.45, 2.75) is 26.4 Å². The summed E-state index contributed by atoms with van der Waals surface area (Å²) in [6, 6.07) is 5.54. The van der Waals surface area contributed by atoms with E-state index >= 15 is 0 Å². The SMILES string of the molecule is Cc1ccc(Cl)cc1C#CC(C)(C)O. The number of hydrogen-bond donors (Lipinski definition) is 1. The Hall–Kier alpha value is -0.970. The third kappa shape index (κ3) is 3.41. The van der Waals surface area contributed by atoms with Crippen molar-refractivity contribution in [2.24, 2.45) is 0 Å². The molecule has 0 aromatic heterocycles. The van der Waals surface area contributed by atoms with Crippen LogP contribution in [0.1, 0.15) is 25.0 Å². The van der Waals surface area contributed by atoms with E-state index in [2.05, 4.69) is 11.8 Å². The summed E-state index contributed by atoms with van der Waals surface area (Å²) in [5.41, 5.74) is 0.958. The van der Waals surface area contributed by atoms with Crippen LogP contribution in [0, 0.1) is 18.8 Å². The van der Waals surface area contributed by atoms with Crippen molar-refractivity contribution in [3.8, 4) is 11.8 Å². The number of halogens is 1. The van der Waals surface area contributed by atoms with Crippen molar-refractivity contribution in [2.75, 3.05) is 0 Å². The number of aliphatic hydroxyl groups is 1. The molecule has 1 N–H and O–H groups in total. The molecule has 0 unspecified atom stereocenters. The number of hydrogen-bond acceptors (Lipinski definition) is 1. The van der Waals surface area contributed by atoms with Crippen molar-refractivity contribution < 1.29 is 5.11 Å². The van der Waals surface area contributed by atoms with Gasteiger partial charge in [0.05, 0.1) is 0 Å². The molecule has 1 rings (SSSR count). The summed E-state index contributed by atoms with van der Waals surface area (Å²) in [5, 5.41) is 10.1. The summed E-state index contributed by atoms with van der Waals surface area (Å²) in [4.78, 5) is 0. The van der Waals surface area contributed by atoms with Crippen LogP contribution in [-0.4, -0.2) is 10.7 Å². The first-order valence-electron chi connectivity index (χ1n) is 4.40. The van der Waals surface area contributed by atoms with Crippen molar-refractivity contribution >= 4 is 11.6 Å². The van der Waals surface area contributed by atoms with E-state index in [4.69, 9.17) is 11.6 Å². The molecule has 0 saturated carbocycles. The van der Waals surface area contributed by atoms with Crippen LogP contribution in [-0.2, 0) is 0 Å². The van der Waals surface area contributed by atoms with Crippen molar-refractivity contribution in [3.05, 3.63) is 34.3 Å². The molecule has 14 heavy (non-hydrogen) atoms. The first kappa shape index (κ1) is 11.1. The Labute approximate surface area is 89.7 Å². The van der Waals surface area contributed by atoms with E-state index in [0.29, 0.717) is 5.02 Å². The Morgan fingerprint density at radius 1 is 1.36 bits per heavy atom. The fourth-order valence-corrected chi connectivity index (χ4v) is 1.12. The molecule has 0 aliphatic heterocycles. The molecule has 0 heterocycles. The van der Waals surface area contributed by atoms with Crippen LogP contribution in [0.25, 0.3) is 0 Å². The molecule has 0 saturated heterocycles. The molecule has 0 aliphatic rings. The van der Waals surface area contributed by atoms with Gasteiger partial charge in [-0.3, -0.25) is 0 Å². The first-order chi connectivity index (χ1) is 6.38. The zero-order valence-corrected chi connectivity index (χ0v) is 9.31. The highest BCUT2D eigenvalue weighted by atomic mass is 35.5. The number of rotatable bonds is 0. The quantitative estimate of drug-likeness (QED) is 0.650. The van der Waals surface area contributed by atoms with Crippen LogP contribution < -0.4 is 0 Å². The van der Waals surface area contributed by atoms with Crippen LogP contribution in [0.5, 0.6) is 0 Å². The lowest BCUT2D eigenvalue weighted by Gasteiger charge is -2.06. The highest BCUT2D eigenvalue weighted by molar-refractivity contribution is 6.30. The van der Waals surface area contributed by atoms with Crippen LogP contribution in [0.3, 0.4) is 0 Å². The van der Waals surface area contributed by atoms with E-state index in [1.54, 1.807) is 19.9 Å². The second-order valence-corrected chi connectivity index (χ2v) is 4.20. The smallest absolute Gasteiger partial charge is 0.120 e. The van der Waals surface area contributed by atoms with Gasteiger partial charge in [0, 0.05) is 10.6 Å². The minimum absolute atomic E-state index is 0.663. The third-order valence-corrected chi connectivity index (χ3v) is 1.94. The Morgan fingerprint density at radius 3 is 2.57 bits per heavy atom. The molecule has 0 spiro atoms. The highest BCUT2D eigenvalue weighted by Crippen LogP contribution is 2.14. The van der Waals surface area contributed by atoms with E-state index < -0.39 is 5.60 Å². The molecule has 74 valence electrons. The molecule has 0 aliphatic carbocycles. The van der Waals surface area contributed by atoms with E-state index in [1.165, 1.54) is 0 Å². The van der Waals surface area contributed by atoms with E-state index in [9.17, 15) is 5.11 Å². The fourth-order valence-electron chi connectivity index (χ4n) is 0.949. The third-order valence-electron chi connectivity index (χ3n) is 1.70. The molecule has 0 atom stereocenters. The lowest BCUT2D eigenvalue weighted by atomic mass is 10.1. The molecular formula is C12H13ClO. The topological polar surface area (TPSA) is 20.2 Å². The van der Waals surface area contributed by atoms with Crippen molar-refractivity contribution in [1.82, 2.24) is 0 Å². The van der Waals surface area contributed by atoms with Crippen LogP contribution in [0.2, 0.25) is 5.02 Å². The van der Waals surface area contributed by atoms with Gasteiger partial charge in [-0.1, -0.05) is 29.5 Å². The summed E-state index contributed by atoms with van der Waals surface area (Å²) in [5.74, 6) is 5.66. The van der Waals surface area contributed by atoms with Gasteiger partial charge in [0.15, 0.2) is 0 Å². The molecule has 0 radical (unpaired) electrons. The maximum atomic E-state index is 9.43. The minimum Gasteiger partial charge on any atom is -0.378 e. The normalized spacial score (nSPS) is 10.6. The fraction of sp³-hybridized carbons (Fsp3) is 0.333. The lowest BCUT2D eigenvalue weighted by molar-refractivity contribution is 0.143. The average Bonchev–Trinajstić information content (AvgIpc) is 2.05. The van der Waals surface area contributed by atoms with Gasteiger partial charge >= 0.3 is 0 Å². The van der Waals surface area contributed by atoms with Gasteiger partial charge in [-0.15, -0.1) is 0 Å². The summed E-state index contributed by atoms with van der Waals surface area (Å²) in [6.45, 7) is 5.27. The summed E-state index contributed by atoms with van der Waals surface area (Å²) in [7, 11) is 0. The van der Waals surface area contributed by atoms with E-state index in [0.717, 1.165) is 11.1 Å². The maximum Gasteiger partial charge on any atom is 0.120 e. The standard InChI is InChI=1S/C12H13ClO/c1-9-4-5-11(13)8-10(9)6-7-12(2,3)14/h4-5,8,14H,1-3H3. The molecular weight excluding hydrogens is 196 g/mol. The Balaban J connectivity index is 3.06. The van der Waals surface area contributed by atoms with Gasteiger partial charge in [-0.2, -0.15) is 0 Å². The zero-order valence-electron chi connectivity index (χ0n) is 8.56. The predicted molar refractivity (Wildman–Crippen MR) is 59.4 cm³/mol. The summed E-state index contributed by atoms with van der Waals surface area (Å²) < 4.78 is 0. The molecule has 1 nitrogen and oxygen atoms in total. The molecule has 0 fully saturated rings.